The summed E-state index contributed by atoms with van der Waals surface area (Å²) in [6.45, 7) is 1.82. The summed E-state index contributed by atoms with van der Waals surface area (Å²) >= 11 is 12.7. The minimum atomic E-state index is 0.472. The van der Waals surface area contributed by atoms with Crippen LogP contribution in [0.5, 0.6) is 0 Å². The van der Waals surface area contributed by atoms with E-state index in [1.807, 2.05) is 31.2 Å². The summed E-state index contributed by atoms with van der Waals surface area (Å²) in [6.07, 6.45) is 0. The van der Waals surface area contributed by atoms with Gasteiger partial charge in [-0.05, 0) is 59.0 Å². The van der Waals surface area contributed by atoms with E-state index < -0.39 is 0 Å². The Morgan fingerprint density at radius 1 is 1.00 bits per heavy atom. The molecule has 0 atom stereocenters. The Labute approximate surface area is 151 Å². The van der Waals surface area contributed by atoms with Crippen LogP contribution < -0.4 is 0 Å². The Morgan fingerprint density at radius 3 is 2.60 bits per heavy atom. The van der Waals surface area contributed by atoms with Crippen molar-refractivity contribution in [1.82, 2.24) is 40.8 Å². The molecule has 0 spiro atoms. The lowest BCUT2D eigenvalue weighted by Crippen LogP contribution is -2.02. The van der Waals surface area contributed by atoms with Gasteiger partial charge >= 0.3 is 0 Å². The van der Waals surface area contributed by atoms with Crippen LogP contribution in [0.25, 0.3) is 28.2 Å². The Hall–Kier alpha value is -2.84. The highest BCUT2D eigenvalue weighted by Gasteiger charge is 2.16. The van der Waals surface area contributed by atoms with Crippen molar-refractivity contribution in [3.05, 3.63) is 52.3 Å². The number of hydrogen-bond acceptors (Lipinski definition) is 6. The number of benzene rings is 2. The van der Waals surface area contributed by atoms with Crippen LogP contribution in [-0.4, -0.2) is 40.8 Å². The van der Waals surface area contributed by atoms with Gasteiger partial charge in [0.1, 0.15) is 0 Å². The average Bonchev–Trinajstić information content (AvgIpc) is 3.27. The number of hydrogen-bond donors (Lipinski definition) is 1. The third-order valence-corrected chi connectivity index (χ3v) is 4.24. The van der Waals surface area contributed by atoms with Crippen LogP contribution in [0.3, 0.4) is 0 Å². The normalized spacial score (nSPS) is 11.0. The number of aromatic nitrogens is 8. The molecular weight excluding hydrogens is 363 g/mol. The van der Waals surface area contributed by atoms with E-state index in [2.05, 4.69) is 36.1 Å². The zero-order chi connectivity index (χ0) is 17.4. The summed E-state index contributed by atoms with van der Waals surface area (Å²) in [4.78, 5) is 0. The first-order valence-electron chi connectivity index (χ1n) is 7.22. The van der Waals surface area contributed by atoms with Crippen molar-refractivity contribution >= 4 is 23.2 Å². The van der Waals surface area contributed by atoms with E-state index in [4.69, 9.17) is 23.2 Å². The number of nitrogens with one attached hydrogen (secondary N) is 1. The van der Waals surface area contributed by atoms with Crippen LogP contribution in [0, 0.1) is 6.92 Å². The van der Waals surface area contributed by atoms with Crippen LogP contribution in [0.2, 0.25) is 10.0 Å². The summed E-state index contributed by atoms with van der Waals surface area (Å²) in [5, 5.41) is 26.8. The second-order valence-corrected chi connectivity index (χ2v) is 6.07. The Bertz CT molecular complexity index is 1040. The molecule has 25 heavy (non-hydrogen) atoms. The van der Waals surface area contributed by atoms with Gasteiger partial charge in [0.15, 0.2) is 5.82 Å². The summed E-state index contributed by atoms with van der Waals surface area (Å²) in [6, 6.07) is 10.9. The molecular formula is C15H10Cl2N8. The molecule has 124 valence electrons. The van der Waals surface area contributed by atoms with Gasteiger partial charge in [0.2, 0.25) is 5.82 Å². The molecule has 2 aromatic carbocycles. The molecule has 0 aliphatic heterocycles. The Balaban J connectivity index is 1.95. The third-order valence-electron chi connectivity index (χ3n) is 3.67. The first-order valence-corrected chi connectivity index (χ1v) is 7.98. The Kier molecular flexibility index (Phi) is 3.90. The highest BCUT2D eigenvalue weighted by Crippen LogP contribution is 2.36. The molecule has 0 fully saturated rings. The van der Waals surface area contributed by atoms with Gasteiger partial charge in [0, 0.05) is 26.7 Å². The van der Waals surface area contributed by atoms with Crippen LogP contribution in [0.4, 0.5) is 0 Å². The van der Waals surface area contributed by atoms with Crippen molar-refractivity contribution in [3.63, 3.8) is 0 Å². The minimum Gasteiger partial charge on any atom is -0.197 e. The van der Waals surface area contributed by atoms with E-state index in [-0.39, 0.29) is 0 Å². The standard InChI is InChI=1S/C15H10Cl2N8/c1-8-18-23-24-25(8)14-5-3-10(16)7-12(14)11-6-9(2-4-13(11)17)15-19-21-22-20-15/h2-7H,1H3,(H,19,20,21,22). The van der Waals surface area contributed by atoms with Gasteiger partial charge in [-0.25, -0.2) is 0 Å². The van der Waals surface area contributed by atoms with Crippen LogP contribution in [0.1, 0.15) is 5.82 Å². The summed E-state index contributed by atoms with van der Waals surface area (Å²) in [7, 11) is 0. The molecule has 0 unspecified atom stereocenters. The van der Waals surface area contributed by atoms with E-state index in [9.17, 15) is 0 Å². The van der Waals surface area contributed by atoms with Gasteiger partial charge in [-0.3, -0.25) is 0 Å². The molecule has 2 heterocycles. The number of tetrazole rings is 2. The predicted molar refractivity (Wildman–Crippen MR) is 92.5 cm³/mol. The molecule has 2 aromatic heterocycles. The van der Waals surface area contributed by atoms with E-state index >= 15 is 0 Å². The largest absolute Gasteiger partial charge is 0.204 e. The summed E-state index contributed by atoms with van der Waals surface area (Å²) in [5.74, 6) is 1.12. The zero-order valence-electron chi connectivity index (χ0n) is 12.9. The fourth-order valence-corrected chi connectivity index (χ4v) is 2.91. The van der Waals surface area contributed by atoms with Gasteiger partial charge < -0.3 is 0 Å². The van der Waals surface area contributed by atoms with Crippen molar-refractivity contribution in [2.24, 2.45) is 0 Å². The van der Waals surface area contributed by atoms with Gasteiger partial charge in [0.05, 0.1) is 5.69 Å². The highest BCUT2D eigenvalue weighted by atomic mass is 35.5. The molecule has 4 aromatic rings. The summed E-state index contributed by atoms with van der Waals surface area (Å²) < 4.78 is 1.63. The highest BCUT2D eigenvalue weighted by molar-refractivity contribution is 6.34. The fraction of sp³-hybridized carbons (Fsp3) is 0.0667. The first-order chi connectivity index (χ1) is 12.1. The third kappa shape index (κ3) is 2.86. The number of H-pyrrole nitrogens is 1. The van der Waals surface area contributed by atoms with Crippen LogP contribution in [-0.2, 0) is 0 Å². The van der Waals surface area contributed by atoms with Crippen molar-refractivity contribution in [1.29, 1.82) is 0 Å². The molecule has 4 rings (SSSR count). The fourth-order valence-electron chi connectivity index (χ4n) is 2.52. The first kappa shape index (κ1) is 15.7. The van der Waals surface area contributed by atoms with Crippen molar-refractivity contribution in [2.45, 2.75) is 6.92 Å². The molecule has 1 N–H and O–H groups in total. The van der Waals surface area contributed by atoms with Gasteiger partial charge in [-0.2, -0.15) is 9.90 Å². The lowest BCUT2D eigenvalue weighted by atomic mass is 10.0. The number of nitrogens with zero attached hydrogens (tertiary/aromatic N) is 7. The maximum absolute atomic E-state index is 6.45. The molecule has 0 saturated heterocycles. The van der Waals surface area contributed by atoms with E-state index in [1.54, 1.807) is 16.8 Å². The van der Waals surface area contributed by atoms with E-state index in [0.717, 1.165) is 22.4 Å². The van der Waals surface area contributed by atoms with Crippen molar-refractivity contribution in [3.8, 4) is 28.2 Å². The van der Waals surface area contributed by atoms with E-state index in [0.29, 0.717) is 21.7 Å². The molecule has 0 saturated carbocycles. The SMILES string of the molecule is Cc1nnnn1-c1ccc(Cl)cc1-c1cc(-c2nn[nH]n2)ccc1Cl. The lowest BCUT2D eigenvalue weighted by Gasteiger charge is -2.13. The maximum atomic E-state index is 6.45. The Morgan fingerprint density at radius 2 is 1.88 bits per heavy atom. The number of aromatic amines is 1. The lowest BCUT2D eigenvalue weighted by molar-refractivity contribution is 0.780. The molecule has 0 aliphatic carbocycles. The quantitative estimate of drug-likeness (QED) is 0.593. The second kappa shape index (κ2) is 6.23. The zero-order valence-corrected chi connectivity index (χ0v) is 14.4. The van der Waals surface area contributed by atoms with Crippen molar-refractivity contribution < 1.29 is 0 Å². The van der Waals surface area contributed by atoms with E-state index in [1.165, 1.54) is 0 Å². The molecule has 0 aliphatic rings. The molecule has 10 heteroatoms. The van der Waals surface area contributed by atoms with Gasteiger partial charge in [-0.1, -0.05) is 23.2 Å². The maximum Gasteiger partial charge on any atom is 0.204 e. The van der Waals surface area contributed by atoms with Crippen molar-refractivity contribution in [2.75, 3.05) is 0 Å². The second-order valence-electron chi connectivity index (χ2n) is 5.23. The minimum absolute atomic E-state index is 0.472. The monoisotopic (exact) mass is 372 g/mol. The van der Waals surface area contributed by atoms with Crippen LogP contribution in [0.15, 0.2) is 36.4 Å². The van der Waals surface area contributed by atoms with Gasteiger partial charge in [0.25, 0.3) is 0 Å². The average molecular weight is 373 g/mol. The number of halogens is 2. The molecule has 0 bridgehead atoms. The molecule has 0 amide bonds. The topological polar surface area (TPSA) is 98.1 Å². The number of rotatable bonds is 3. The van der Waals surface area contributed by atoms with Crippen LogP contribution >= 0.6 is 23.2 Å². The smallest absolute Gasteiger partial charge is 0.197 e. The molecule has 0 radical (unpaired) electrons. The summed E-state index contributed by atoms with van der Waals surface area (Å²) in [5.41, 5.74) is 3.08. The predicted octanol–water partition coefficient (Wildman–Crippen LogP) is 3.12. The van der Waals surface area contributed by atoms with Gasteiger partial charge in [-0.15, -0.1) is 15.3 Å². The molecule has 8 nitrogen and oxygen atoms in total. The number of aryl methyl sites for hydroxylation is 1.